The summed E-state index contributed by atoms with van der Waals surface area (Å²) in [5.41, 5.74) is 0.755. The molecule has 2 heterocycles. The molecule has 0 bridgehead atoms. The second kappa shape index (κ2) is 6.84. The minimum atomic E-state index is -0.873. The first-order chi connectivity index (χ1) is 11.5. The molecule has 0 spiro atoms. The van der Waals surface area contributed by atoms with Crippen LogP contribution in [0.2, 0.25) is 0 Å². The highest BCUT2D eigenvalue weighted by Crippen LogP contribution is 2.30. The molecule has 0 saturated carbocycles. The third-order valence-electron chi connectivity index (χ3n) is 4.73. The molecule has 3 N–H and O–H groups in total. The topological polar surface area (TPSA) is 93.6 Å². The highest BCUT2D eigenvalue weighted by Gasteiger charge is 2.23. The van der Waals surface area contributed by atoms with E-state index in [1.54, 1.807) is 12.1 Å². The molecule has 2 aromatic rings. The number of piperidine rings is 1. The van der Waals surface area contributed by atoms with Crippen molar-refractivity contribution in [3.63, 3.8) is 0 Å². The Kier molecular flexibility index (Phi) is 4.80. The van der Waals surface area contributed by atoms with Gasteiger partial charge in [-0.2, -0.15) is 0 Å². The standard InChI is InChI=1S/C17H19BrN2O4/c18-11-2-4-14-13(9-11)15(21)12(16(22)19-14)3-1-10-5-7-20(8-6-10)17(23)24/h2,4,9-10H,1,3,5-8H2,(H,23,24)(H2,19,21,22). The van der Waals surface area contributed by atoms with Crippen molar-refractivity contribution >= 4 is 32.9 Å². The van der Waals surface area contributed by atoms with Crippen molar-refractivity contribution in [3.8, 4) is 5.75 Å². The van der Waals surface area contributed by atoms with Crippen LogP contribution in [0.3, 0.4) is 0 Å². The largest absolute Gasteiger partial charge is 0.507 e. The third kappa shape index (κ3) is 3.40. The number of likely N-dealkylation sites (tertiary alicyclic amines) is 1. The lowest BCUT2D eigenvalue weighted by Gasteiger charge is -2.29. The van der Waals surface area contributed by atoms with Gasteiger partial charge in [-0.1, -0.05) is 15.9 Å². The number of pyridine rings is 1. The smallest absolute Gasteiger partial charge is 0.407 e. The van der Waals surface area contributed by atoms with Gasteiger partial charge in [-0.15, -0.1) is 0 Å². The normalized spacial score (nSPS) is 15.8. The maximum atomic E-state index is 12.2. The monoisotopic (exact) mass is 394 g/mol. The number of benzene rings is 1. The van der Waals surface area contributed by atoms with Crippen molar-refractivity contribution in [2.45, 2.75) is 25.7 Å². The molecule has 6 nitrogen and oxygen atoms in total. The third-order valence-corrected chi connectivity index (χ3v) is 5.23. The number of carboxylic acid groups (broad SMARTS) is 1. The summed E-state index contributed by atoms with van der Waals surface area (Å²) in [5, 5.41) is 20.1. The maximum absolute atomic E-state index is 12.2. The molecule has 0 aliphatic carbocycles. The summed E-state index contributed by atoms with van der Waals surface area (Å²) >= 11 is 3.37. The number of hydrogen-bond donors (Lipinski definition) is 3. The summed E-state index contributed by atoms with van der Waals surface area (Å²) in [6.45, 7) is 1.07. The highest BCUT2D eigenvalue weighted by molar-refractivity contribution is 9.10. The molecule has 1 aromatic heterocycles. The van der Waals surface area contributed by atoms with Gasteiger partial charge in [0.25, 0.3) is 5.56 Å². The van der Waals surface area contributed by atoms with Crippen molar-refractivity contribution < 1.29 is 15.0 Å². The number of aromatic nitrogens is 1. The number of fused-ring (bicyclic) bond motifs is 1. The van der Waals surface area contributed by atoms with Crippen molar-refractivity contribution in [2.24, 2.45) is 5.92 Å². The van der Waals surface area contributed by atoms with Crippen LogP contribution >= 0.6 is 15.9 Å². The number of nitrogens with one attached hydrogen (secondary N) is 1. The first-order valence-corrected chi connectivity index (χ1v) is 8.76. The lowest BCUT2D eigenvalue weighted by molar-refractivity contribution is 0.123. The first-order valence-electron chi connectivity index (χ1n) is 7.97. The Bertz CT molecular complexity index is 825. The number of amides is 1. The zero-order chi connectivity index (χ0) is 17.3. The number of nitrogens with zero attached hydrogens (tertiary/aromatic N) is 1. The summed E-state index contributed by atoms with van der Waals surface area (Å²) in [4.78, 5) is 27.4. The molecule has 1 aromatic carbocycles. The lowest BCUT2D eigenvalue weighted by atomic mass is 9.90. The lowest BCUT2D eigenvalue weighted by Crippen LogP contribution is -2.37. The van der Waals surface area contributed by atoms with Gasteiger partial charge in [-0.3, -0.25) is 4.79 Å². The van der Waals surface area contributed by atoms with Crippen LogP contribution < -0.4 is 5.56 Å². The van der Waals surface area contributed by atoms with Crippen LogP contribution in [-0.4, -0.2) is 39.3 Å². The van der Waals surface area contributed by atoms with Crippen LogP contribution in [0.4, 0.5) is 4.79 Å². The van der Waals surface area contributed by atoms with Crippen LogP contribution in [0.25, 0.3) is 10.9 Å². The quantitative estimate of drug-likeness (QED) is 0.743. The van der Waals surface area contributed by atoms with E-state index in [1.807, 2.05) is 6.07 Å². The number of carbonyl (C=O) groups is 1. The molecule has 1 fully saturated rings. The van der Waals surface area contributed by atoms with Gasteiger partial charge in [0, 0.05) is 22.9 Å². The summed E-state index contributed by atoms with van der Waals surface area (Å²) < 4.78 is 0.837. The average molecular weight is 395 g/mol. The highest BCUT2D eigenvalue weighted by atomic mass is 79.9. The van der Waals surface area contributed by atoms with Gasteiger partial charge >= 0.3 is 6.09 Å². The summed E-state index contributed by atoms with van der Waals surface area (Å²) in [6.07, 6.45) is 1.97. The summed E-state index contributed by atoms with van der Waals surface area (Å²) in [5.74, 6) is 0.413. The summed E-state index contributed by atoms with van der Waals surface area (Å²) in [6, 6.07) is 5.36. The Morgan fingerprint density at radius 2 is 2.04 bits per heavy atom. The zero-order valence-corrected chi connectivity index (χ0v) is 14.7. The Balaban J connectivity index is 1.74. The summed E-state index contributed by atoms with van der Waals surface area (Å²) in [7, 11) is 0. The second-order valence-corrected chi connectivity index (χ2v) is 7.14. The number of aromatic amines is 1. The molecule has 0 radical (unpaired) electrons. The molecule has 128 valence electrons. The number of hydrogen-bond acceptors (Lipinski definition) is 3. The van der Waals surface area contributed by atoms with Gasteiger partial charge in [0.05, 0.1) is 11.1 Å². The van der Waals surface area contributed by atoms with Crippen LogP contribution in [0.5, 0.6) is 5.75 Å². The Hall–Kier alpha value is -2.02. The van der Waals surface area contributed by atoms with E-state index in [0.717, 1.165) is 23.7 Å². The van der Waals surface area contributed by atoms with E-state index < -0.39 is 6.09 Å². The van der Waals surface area contributed by atoms with Crippen molar-refractivity contribution in [1.82, 2.24) is 9.88 Å². The maximum Gasteiger partial charge on any atom is 0.407 e. The van der Waals surface area contributed by atoms with Crippen molar-refractivity contribution in [3.05, 3.63) is 38.6 Å². The number of aromatic hydroxyl groups is 1. The van der Waals surface area contributed by atoms with Gasteiger partial charge in [0.2, 0.25) is 0 Å². The molecule has 7 heteroatoms. The zero-order valence-electron chi connectivity index (χ0n) is 13.1. The van der Waals surface area contributed by atoms with Crippen LogP contribution in [0.15, 0.2) is 27.5 Å². The Labute approximate surface area is 147 Å². The molecule has 1 saturated heterocycles. The fourth-order valence-corrected chi connectivity index (χ4v) is 3.64. The Morgan fingerprint density at radius 1 is 1.33 bits per heavy atom. The van der Waals surface area contributed by atoms with Crippen molar-refractivity contribution in [2.75, 3.05) is 13.1 Å². The van der Waals surface area contributed by atoms with E-state index in [1.165, 1.54) is 4.90 Å². The molecule has 0 unspecified atom stereocenters. The fourth-order valence-electron chi connectivity index (χ4n) is 3.28. The molecule has 0 atom stereocenters. The van der Waals surface area contributed by atoms with Gasteiger partial charge in [0.15, 0.2) is 0 Å². The van der Waals surface area contributed by atoms with Gasteiger partial charge in [-0.05, 0) is 49.8 Å². The molecule has 1 aliphatic rings. The molecule has 3 rings (SSSR count). The second-order valence-electron chi connectivity index (χ2n) is 6.22. The molecule has 1 amide bonds. The van der Waals surface area contributed by atoms with E-state index in [2.05, 4.69) is 20.9 Å². The first kappa shape index (κ1) is 16.8. The average Bonchev–Trinajstić information content (AvgIpc) is 2.56. The predicted molar refractivity (Wildman–Crippen MR) is 94.6 cm³/mol. The SMILES string of the molecule is O=C(O)N1CCC(CCc2c(O)c3cc(Br)ccc3[nH]c2=O)CC1. The minimum Gasteiger partial charge on any atom is -0.507 e. The molecular weight excluding hydrogens is 376 g/mol. The Morgan fingerprint density at radius 3 is 2.71 bits per heavy atom. The van der Waals surface area contributed by atoms with E-state index >= 15 is 0 Å². The fraction of sp³-hybridized carbons (Fsp3) is 0.412. The van der Waals surface area contributed by atoms with Gasteiger partial charge < -0.3 is 20.1 Å². The number of H-pyrrole nitrogens is 1. The van der Waals surface area contributed by atoms with Crippen LogP contribution in [0, 0.1) is 5.92 Å². The predicted octanol–water partition coefficient (Wildman–Crippen LogP) is 3.32. The molecule has 1 aliphatic heterocycles. The van der Waals surface area contributed by atoms with E-state index in [-0.39, 0.29) is 11.3 Å². The van der Waals surface area contributed by atoms with Crippen molar-refractivity contribution in [1.29, 1.82) is 0 Å². The van der Waals surface area contributed by atoms with Gasteiger partial charge in [-0.25, -0.2) is 4.79 Å². The van der Waals surface area contributed by atoms with E-state index in [9.17, 15) is 14.7 Å². The molecule has 24 heavy (non-hydrogen) atoms. The number of rotatable bonds is 3. The minimum absolute atomic E-state index is 0.0398. The van der Waals surface area contributed by atoms with E-state index in [4.69, 9.17) is 5.11 Å². The number of halogens is 1. The van der Waals surface area contributed by atoms with Gasteiger partial charge in [0.1, 0.15) is 5.75 Å². The van der Waals surface area contributed by atoms with Crippen LogP contribution in [-0.2, 0) is 6.42 Å². The van der Waals surface area contributed by atoms with E-state index in [0.29, 0.717) is 41.9 Å². The molecular formula is C17H19BrN2O4. The van der Waals surface area contributed by atoms with Crippen LogP contribution in [0.1, 0.15) is 24.8 Å².